The van der Waals surface area contributed by atoms with Crippen molar-refractivity contribution in [3.8, 4) is 0 Å². The van der Waals surface area contributed by atoms with Crippen LogP contribution in [0, 0.1) is 0 Å². The van der Waals surface area contributed by atoms with Gasteiger partial charge in [0.05, 0.1) is 22.8 Å². The fourth-order valence-electron chi connectivity index (χ4n) is 3.19. The Balaban J connectivity index is 1.62. The average molecular weight is 400 g/mol. The van der Waals surface area contributed by atoms with Crippen molar-refractivity contribution in [3.63, 3.8) is 0 Å². The van der Waals surface area contributed by atoms with Gasteiger partial charge in [0.1, 0.15) is 5.52 Å². The van der Waals surface area contributed by atoms with Gasteiger partial charge in [0.25, 0.3) is 11.5 Å². The minimum Gasteiger partial charge on any atom is -0.348 e. The summed E-state index contributed by atoms with van der Waals surface area (Å²) in [6.07, 6.45) is -2.92. The molecule has 0 atom stereocenters. The number of rotatable bonds is 3. The first-order valence-electron chi connectivity index (χ1n) is 8.66. The number of hydrogen-bond acceptors (Lipinski definition) is 3. The zero-order valence-electron chi connectivity index (χ0n) is 15.2. The molecule has 0 saturated carbocycles. The monoisotopic (exact) mass is 400 g/mol. The number of aryl methyl sites for hydroxylation is 1. The lowest BCUT2D eigenvalue weighted by Crippen LogP contribution is -2.24. The normalized spacial score (nSPS) is 11.9. The van der Waals surface area contributed by atoms with Crippen LogP contribution in [-0.4, -0.2) is 20.1 Å². The summed E-state index contributed by atoms with van der Waals surface area (Å²) in [7, 11) is 1.60. The van der Waals surface area contributed by atoms with Crippen LogP contribution in [-0.2, 0) is 19.8 Å². The number of nitrogens with zero attached hydrogens (tertiary/aromatic N) is 3. The molecule has 1 amide bonds. The molecule has 2 aromatic heterocycles. The molecule has 0 radical (unpaired) electrons. The van der Waals surface area contributed by atoms with Crippen LogP contribution in [0.15, 0.2) is 59.5 Å². The van der Waals surface area contributed by atoms with Crippen molar-refractivity contribution in [2.24, 2.45) is 7.05 Å². The van der Waals surface area contributed by atoms with Gasteiger partial charge in [-0.25, -0.2) is 4.52 Å². The number of halogens is 3. The van der Waals surface area contributed by atoms with Crippen LogP contribution in [0.25, 0.3) is 16.6 Å². The maximum absolute atomic E-state index is 12.8. The maximum Gasteiger partial charge on any atom is 0.416 e. The molecular weight excluding hydrogens is 385 g/mol. The van der Waals surface area contributed by atoms with E-state index in [2.05, 4.69) is 10.4 Å². The lowest BCUT2D eigenvalue weighted by molar-refractivity contribution is -0.137. The predicted octanol–water partition coefficient (Wildman–Crippen LogP) is 3.14. The third kappa shape index (κ3) is 3.35. The molecule has 2 aromatic carbocycles. The van der Waals surface area contributed by atoms with Crippen LogP contribution in [0.4, 0.5) is 13.2 Å². The lowest BCUT2D eigenvalue weighted by atomic mass is 10.1. The fraction of sp³-hybridized carbons (Fsp3) is 0.150. The Morgan fingerprint density at radius 2 is 1.86 bits per heavy atom. The Bertz CT molecular complexity index is 1300. The first kappa shape index (κ1) is 18.7. The highest BCUT2D eigenvalue weighted by Gasteiger charge is 2.30. The first-order valence-corrected chi connectivity index (χ1v) is 8.66. The molecule has 4 rings (SSSR count). The van der Waals surface area contributed by atoms with E-state index in [9.17, 15) is 22.8 Å². The van der Waals surface area contributed by atoms with Gasteiger partial charge in [-0.15, -0.1) is 0 Å². The largest absolute Gasteiger partial charge is 0.416 e. The van der Waals surface area contributed by atoms with Gasteiger partial charge < -0.3 is 9.88 Å². The van der Waals surface area contributed by atoms with Gasteiger partial charge in [0.15, 0.2) is 0 Å². The van der Waals surface area contributed by atoms with E-state index in [1.165, 1.54) is 27.4 Å². The van der Waals surface area contributed by atoms with E-state index >= 15 is 0 Å². The number of benzene rings is 2. The summed E-state index contributed by atoms with van der Waals surface area (Å²) in [5.41, 5.74) is 1.18. The van der Waals surface area contributed by atoms with E-state index in [1.54, 1.807) is 31.3 Å². The molecule has 0 spiro atoms. The summed E-state index contributed by atoms with van der Waals surface area (Å²) in [6.45, 7) is -0.0576. The van der Waals surface area contributed by atoms with E-state index in [0.717, 1.165) is 12.1 Å². The molecule has 6 nitrogen and oxygen atoms in total. The summed E-state index contributed by atoms with van der Waals surface area (Å²) in [5.74, 6) is -0.461. The van der Waals surface area contributed by atoms with Gasteiger partial charge in [-0.1, -0.05) is 12.1 Å². The van der Waals surface area contributed by atoms with Gasteiger partial charge >= 0.3 is 6.18 Å². The highest BCUT2D eigenvalue weighted by Crippen LogP contribution is 2.29. The summed E-state index contributed by atoms with van der Waals surface area (Å²) in [4.78, 5) is 24.9. The van der Waals surface area contributed by atoms with Crippen molar-refractivity contribution >= 4 is 22.5 Å². The number of carbonyl (C=O) groups excluding carboxylic acids is 1. The minimum atomic E-state index is -4.44. The quantitative estimate of drug-likeness (QED) is 0.575. The van der Waals surface area contributed by atoms with Gasteiger partial charge in [0, 0.05) is 19.2 Å². The zero-order valence-corrected chi connectivity index (χ0v) is 15.2. The lowest BCUT2D eigenvalue weighted by Gasteiger charge is -2.11. The Morgan fingerprint density at radius 3 is 2.62 bits per heavy atom. The van der Waals surface area contributed by atoms with Crippen molar-refractivity contribution in [2.45, 2.75) is 12.7 Å². The summed E-state index contributed by atoms with van der Waals surface area (Å²) in [5, 5.41) is 6.75. The topological polar surface area (TPSA) is 68.4 Å². The number of hydrogen-bond donors (Lipinski definition) is 1. The second-order valence-electron chi connectivity index (χ2n) is 6.58. The molecule has 0 aliphatic rings. The van der Waals surface area contributed by atoms with E-state index in [1.807, 2.05) is 0 Å². The standard InChI is InChI=1S/C20H15F3N4O2/c1-26-17-10-13(5-6-15(17)27-16(19(26)29)7-8-25-27)18(28)24-11-12-3-2-4-14(9-12)20(21,22)23/h2-10H,11H2,1H3,(H,24,28). The predicted molar refractivity (Wildman–Crippen MR) is 101 cm³/mol. The van der Waals surface area contributed by atoms with E-state index in [-0.39, 0.29) is 17.7 Å². The maximum atomic E-state index is 12.8. The van der Waals surface area contributed by atoms with Crippen molar-refractivity contribution in [1.82, 2.24) is 19.5 Å². The summed E-state index contributed by atoms with van der Waals surface area (Å²) < 4.78 is 41.4. The Hall–Kier alpha value is -3.62. The molecule has 0 saturated heterocycles. The molecule has 1 N–H and O–H groups in total. The van der Waals surface area contributed by atoms with Gasteiger partial charge in [0.2, 0.25) is 0 Å². The highest BCUT2D eigenvalue weighted by atomic mass is 19.4. The van der Waals surface area contributed by atoms with E-state index in [0.29, 0.717) is 22.1 Å². The number of amides is 1. The number of carbonyl (C=O) groups is 1. The zero-order chi connectivity index (χ0) is 20.8. The third-order valence-electron chi connectivity index (χ3n) is 4.70. The molecule has 2 heterocycles. The molecule has 148 valence electrons. The third-order valence-corrected chi connectivity index (χ3v) is 4.70. The number of nitrogens with one attached hydrogen (secondary N) is 1. The van der Waals surface area contributed by atoms with Crippen molar-refractivity contribution in [3.05, 3.63) is 81.8 Å². The molecule has 0 aliphatic carbocycles. The average Bonchev–Trinajstić information content (AvgIpc) is 3.19. The molecule has 0 unspecified atom stereocenters. The Kier molecular flexibility index (Phi) is 4.37. The van der Waals surface area contributed by atoms with Crippen LogP contribution >= 0.6 is 0 Å². The summed E-state index contributed by atoms with van der Waals surface area (Å²) in [6, 6.07) is 11.2. The van der Waals surface area contributed by atoms with Crippen molar-refractivity contribution < 1.29 is 18.0 Å². The van der Waals surface area contributed by atoms with Crippen LogP contribution in [0.5, 0.6) is 0 Å². The second kappa shape index (κ2) is 6.77. The SMILES string of the molecule is Cn1c(=O)c2ccnn2c2ccc(C(=O)NCc3cccc(C(F)(F)F)c3)cc21. The van der Waals surface area contributed by atoms with Gasteiger partial charge in [-0.2, -0.15) is 18.3 Å². The van der Waals surface area contributed by atoms with Crippen LogP contribution in [0.1, 0.15) is 21.5 Å². The van der Waals surface area contributed by atoms with E-state index < -0.39 is 17.6 Å². The van der Waals surface area contributed by atoms with Crippen LogP contribution in [0.2, 0.25) is 0 Å². The highest BCUT2D eigenvalue weighted by molar-refractivity contribution is 5.97. The second-order valence-corrected chi connectivity index (χ2v) is 6.58. The van der Waals surface area contributed by atoms with Crippen LogP contribution < -0.4 is 10.9 Å². The molecular formula is C20H15F3N4O2. The first-order chi connectivity index (χ1) is 13.8. The van der Waals surface area contributed by atoms with Crippen molar-refractivity contribution in [2.75, 3.05) is 0 Å². The smallest absolute Gasteiger partial charge is 0.348 e. The van der Waals surface area contributed by atoms with Gasteiger partial charge in [-0.3, -0.25) is 9.59 Å². The Morgan fingerprint density at radius 1 is 1.07 bits per heavy atom. The number of aromatic nitrogens is 3. The Labute approximate surface area is 162 Å². The van der Waals surface area contributed by atoms with Crippen LogP contribution in [0.3, 0.4) is 0 Å². The molecule has 0 fully saturated rings. The molecule has 9 heteroatoms. The molecule has 29 heavy (non-hydrogen) atoms. The molecule has 0 aliphatic heterocycles. The molecule has 0 bridgehead atoms. The summed E-state index contributed by atoms with van der Waals surface area (Å²) >= 11 is 0. The number of alkyl halides is 3. The fourth-order valence-corrected chi connectivity index (χ4v) is 3.19. The van der Waals surface area contributed by atoms with E-state index in [4.69, 9.17) is 0 Å². The molecule has 4 aromatic rings. The van der Waals surface area contributed by atoms with Crippen molar-refractivity contribution in [1.29, 1.82) is 0 Å². The minimum absolute atomic E-state index is 0.0576. The van der Waals surface area contributed by atoms with Gasteiger partial charge in [-0.05, 0) is 42.0 Å². The number of fused-ring (bicyclic) bond motifs is 3.